The first-order valence-electron chi connectivity index (χ1n) is 3.84. The lowest BCUT2D eigenvalue weighted by Crippen LogP contribution is -2.50. The monoisotopic (exact) mass is 140 g/mol. The molecule has 2 heterocycles. The summed E-state index contributed by atoms with van der Waals surface area (Å²) >= 11 is 0. The zero-order valence-corrected chi connectivity index (χ0v) is 5.88. The van der Waals surface area contributed by atoms with E-state index in [9.17, 15) is 0 Å². The molecule has 0 amide bonds. The summed E-state index contributed by atoms with van der Waals surface area (Å²) in [5.41, 5.74) is 0.961. The molecule has 10 heavy (non-hydrogen) atoms. The molecule has 1 saturated carbocycles. The van der Waals surface area contributed by atoms with Crippen molar-refractivity contribution in [2.45, 2.75) is 25.3 Å². The van der Waals surface area contributed by atoms with Gasteiger partial charge in [-0.1, -0.05) is 5.16 Å². The minimum Gasteiger partial charge on any atom is -0.411 e. The fourth-order valence-corrected chi connectivity index (χ4v) is 1.92. The average molecular weight is 140 g/mol. The lowest BCUT2D eigenvalue weighted by Gasteiger charge is -2.37. The first-order valence-corrected chi connectivity index (χ1v) is 3.84. The van der Waals surface area contributed by atoms with Crippen molar-refractivity contribution in [3.05, 3.63) is 0 Å². The zero-order valence-electron chi connectivity index (χ0n) is 5.88. The largest absolute Gasteiger partial charge is 0.411 e. The fraction of sp³-hybridized carbons (Fsp3) is 0.857. The molecule has 3 fully saturated rings. The van der Waals surface area contributed by atoms with Crippen LogP contribution in [-0.2, 0) is 0 Å². The van der Waals surface area contributed by atoms with E-state index in [1.807, 2.05) is 0 Å². The molecule has 2 aliphatic heterocycles. The van der Waals surface area contributed by atoms with Crippen LogP contribution in [-0.4, -0.2) is 23.5 Å². The summed E-state index contributed by atoms with van der Waals surface area (Å²) in [5.74, 6) is 0.732. The molecule has 2 unspecified atom stereocenters. The van der Waals surface area contributed by atoms with Crippen LogP contribution in [0.4, 0.5) is 0 Å². The number of nitrogens with zero attached hydrogens (tertiary/aromatic N) is 1. The first kappa shape index (κ1) is 6.16. The fourth-order valence-electron chi connectivity index (χ4n) is 1.92. The van der Waals surface area contributed by atoms with Crippen LogP contribution in [0.15, 0.2) is 5.16 Å². The van der Waals surface area contributed by atoms with Crippen molar-refractivity contribution in [1.29, 1.82) is 0 Å². The van der Waals surface area contributed by atoms with Gasteiger partial charge < -0.3 is 10.5 Å². The molecule has 3 aliphatic rings. The minimum absolute atomic E-state index is 0.384. The third-order valence-electron chi connectivity index (χ3n) is 2.55. The van der Waals surface area contributed by atoms with Gasteiger partial charge in [0.15, 0.2) is 0 Å². The summed E-state index contributed by atoms with van der Waals surface area (Å²) in [6.45, 7) is 1.11. The average Bonchev–Trinajstić information content (AvgIpc) is 2.06. The van der Waals surface area contributed by atoms with Crippen LogP contribution in [0.5, 0.6) is 0 Å². The molecule has 0 radical (unpaired) electrons. The van der Waals surface area contributed by atoms with Crippen LogP contribution in [0.25, 0.3) is 0 Å². The number of hydrogen-bond acceptors (Lipinski definition) is 3. The molecule has 0 aromatic carbocycles. The van der Waals surface area contributed by atoms with Crippen LogP contribution in [0, 0.1) is 5.92 Å². The number of hydrogen-bond donors (Lipinski definition) is 2. The predicted octanol–water partition coefficient (Wildman–Crippen LogP) is 0.588. The molecule has 56 valence electrons. The smallest absolute Gasteiger partial charge is 0.0743 e. The lowest BCUT2D eigenvalue weighted by molar-refractivity contribution is 0.278. The van der Waals surface area contributed by atoms with Crippen LogP contribution >= 0.6 is 0 Å². The van der Waals surface area contributed by atoms with Gasteiger partial charge in [0.05, 0.1) is 5.71 Å². The summed E-state index contributed by atoms with van der Waals surface area (Å²) in [4.78, 5) is 0. The third-order valence-corrected chi connectivity index (χ3v) is 2.55. The Balaban J connectivity index is 2.15. The summed E-state index contributed by atoms with van der Waals surface area (Å²) in [7, 11) is 0. The number of fused-ring (bicyclic) bond motifs is 3. The van der Waals surface area contributed by atoms with Crippen LogP contribution in [0.1, 0.15) is 19.3 Å². The van der Waals surface area contributed by atoms with Crippen molar-refractivity contribution in [3.63, 3.8) is 0 Å². The highest BCUT2D eigenvalue weighted by Crippen LogP contribution is 2.26. The van der Waals surface area contributed by atoms with Crippen LogP contribution in [0.2, 0.25) is 0 Å². The summed E-state index contributed by atoms with van der Waals surface area (Å²) < 4.78 is 0. The molecule has 3 rings (SSSR count). The Morgan fingerprint density at radius 2 is 2.40 bits per heavy atom. The van der Waals surface area contributed by atoms with Gasteiger partial charge >= 0.3 is 0 Å². The topological polar surface area (TPSA) is 44.6 Å². The molecule has 2 N–H and O–H groups in total. The second kappa shape index (κ2) is 2.23. The van der Waals surface area contributed by atoms with Gasteiger partial charge in [0.1, 0.15) is 0 Å². The molecule has 1 aliphatic carbocycles. The van der Waals surface area contributed by atoms with E-state index in [-0.39, 0.29) is 0 Å². The van der Waals surface area contributed by atoms with Gasteiger partial charge in [-0.25, -0.2) is 0 Å². The number of nitrogens with one attached hydrogen (secondary N) is 1. The number of oxime groups is 1. The molecule has 3 nitrogen and oxygen atoms in total. The van der Waals surface area contributed by atoms with Crippen molar-refractivity contribution in [3.8, 4) is 0 Å². The van der Waals surface area contributed by atoms with Crippen molar-refractivity contribution >= 4 is 5.71 Å². The van der Waals surface area contributed by atoms with Gasteiger partial charge in [-0.2, -0.15) is 0 Å². The molecular weight excluding hydrogens is 128 g/mol. The highest BCUT2D eigenvalue weighted by atomic mass is 16.4. The van der Waals surface area contributed by atoms with E-state index in [0.29, 0.717) is 6.04 Å². The van der Waals surface area contributed by atoms with Crippen molar-refractivity contribution in [1.82, 2.24) is 5.32 Å². The van der Waals surface area contributed by atoms with Gasteiger partial charge in [-0.05, 0) is 31.7 Å². The molecule has 0 aromatic heterocycles. The van der Waals surface area contributed by atoms with Gasteiger partial charge in [-0.15, -0.1) is 0 Å². The Kier molecular flexibility index (Phi) is 1.38. The van der Waals surface area contributed by atoms with Crippen molar-refractivity contribution in [2.24, 2.45) is 11.1 Å². The highest BCUT2D eigenvalue weighted by Gasteiger charge is 2.32. The van der Waals surface area contributed by atoms with Gasteiger partial charge in [-0.3, -0.25) is 0 Å². The normalized spacial score (nSPS) is 42.6. The molecule has 2 atom stereocenters. The van der Waals surface area contributed by atoms with Crippen molar-refractivity contribution < 1.29 is 5.21 Å². The molecule has 2 saturated heterocycles. The SMILES string of the molecule is O/N=C1\CC2CCC1NC2. The second-order valence-corrected chi connectivity index (χ2v) is 3.20. The Morgan fingerprint density at radius 1 is 1.50 bits per heavy atom. The summed E-state index contributed by atoms with van der Waals surface area (Å²) in [6, 6.07) is 0.384. The van der Waals surface area contributed by atoms with Gasteiger partial charge in [0.25, 0.3) is 0 Å². The van der Waals surface area contributed by atoms with E-state index < -0.39 is 0 Å². The van der Waals surface area contributed by atoms with E-state index in [1.165, 1.54) is 6.42 Å². The third kappa shape index (κ3) is 0.814. The molecular formula is C7H12N2O. The maximum Gasteiger partial charge on any atom is 0.0743 e. The predicted molar refractivity (Wildman–Crippen MR) is 38.4 cm³/mol. The van der Waals surface area contributed by atoms with E-state index in [0.717, 1.165) is 31.0 Å². The maximum absolute atomic E-state index is 8.56. The Bertz CT molecular complexity index is 159. The minimum atomic E-state index is 0.384. The standard InChI is InChI=1S/C7H12N2O/c10-9-7-3-5-1-2-6(7)8-4-5/h5-6,8,10H,1-4H2/b9-7+. The van der Waals surface area contributed by atoms with Crippen LogP contribution in [0.3, 0.4) is 0 Å². The Labute approximate surface area is 60.1 Å². The number of piperidine rings is 2. The summed E-state index contributed by atoms with van der Waals surface area (Å²) in [5, 5.41) is 15.2. The van der Waals surface area contributed by atoms with E-state index in [2.05, 4.69) is 10.5 Å². The highest BCUT2D eigenvalue weighted by molar-refractivity contribution is 5.90. The van der Waals surface area contributed by atoms with Gasteiger partial charge in [0, 0.05) is 6.04 Å². The van der Waals surface area contributed by atoms with E-state index in [4.69, 9.17) is 5.21 Å². The van der Waals surface area contributed by atoms with Gasteiger partial charge in [0.2, 0.25) is 0 Å². The van der Waals surface area contributed by atoms with Crippen molar-refractivity contribution in [2.75, 3.05) is 6.54 Å². The quantitative estimate of drug-likeness (QED) is 0.382. The Hall–Kier alpha value is -0.570. The van der Waals surface area contributed by atoms with Crippen LogP contribution < -0.4 is 5.32 Å². The molecule has 0 spiro atoms. The zero-order chi connectivity index (χ0) is 6.97. The summed E-state index contributed by atoms with van der Waals surface area (Å²) in [6.07, 6.45) is 3.47. The lowest BCUT2D eigenvalue weighted by atomic mass is 9.80. The maximum atomic E-state index is 8.56. The van der Waals surface area contributed by atoms with E-state index >= 15 is 0 Å². The Morgan fingerprint density at radius 3 is 2.70 bits per heavy atom. The molecule has 2 bridgehead atoms. The second-order valence-electron chi connectivity index (χ2n) is 3.20. The first-order chi connectivity index (χ1) is 4.90. The number of rotatable bonds is 0. The molecule has 3 heteroatoms. The van der Waals surface area contributed by atoms with E-state index in [1.54, 1.807) is 0 Å². The molecule has 0 aromatic rings.